The number of carbonyl (C=O) groups is 1. The van der Waals surface area contributed by atoms with Crippen molar-refractivity contribution in [2.45, 2.75) is 46.5 Å². The van der Waals surface area contributed by atoms with Crippen LogP contribution >= 0.6 is 0 Å². The number of nitrogens with zero attached hydrogens (tertiary/aromatic N) is 1. The third-order valence-corrected chi connectivity index (χ3v) is 2.87. The molecule has 0 radical (unpaired) electrons. The average Bonchev–Trinajstić information content (AvgIpc) is 2.66. The molecular formula is C13H24N4O. The van der Waals surface area contributed by atoms with Gasteiger partial charge in [-0.3, -0.25) is 9.89 Å². The minimum Gasteiger partial charge on any atom is -0.395 e. The van der Waals surface area contributed by atoms with Gasteiger partial charge in [0.1, 0.15) is 0 Å². The van der Waals surface area contributed by atoms with Crippen LogP contribution in [-0.4, -0.2) is 22.6 Å². The van der Waals surface area contributed by atoms with Crippen LogP contribution < -0.4 is 11.1 Å². The zero-order valence-corrected chi connectivity index (χ0v) is 11.7. The first kappa shape index (κ1) is 14.5. The van der Waals surface area contributed by atoms with Crippen LogP contribution in [0, 0.1) is 5.92 Å². The van der Waals surface area contributed by atoms with Gasteiger partial charge in [0.15, 0.2) is 5.69 Å². The molecule has 0 aromatic carbocycles. The molecule has 1 rings (SSSR count). The molecule has 18 heavy (non-hydrogen) atoms. The fraction of sp³-hybridized carbons (Fsp3) is 0.692. The van der Waals surface area contributed by atoms with Crippen LogP contribution in [0.2, 0.25) is 0 Å². The Labute approximate surface area is 109 Å². The molecule has 102 valence electrons. The van der Waals surface area contributed by atoms with Gasteiger partial charge in [-0.15, -0.1) is 0 Å². The average molecular weight is 252 g/mol. The van der Waals surface area contributed by atoms with E-state index in [-0.39, 0.29) is 11.8 Å². The highest BCUT2D eigenvalue weighted by Crippen LogP contribution is 2.21. The van der Waals surface area contributed by atoms with Crippen molar-refractivity contribution in [3.63, 3.8) is 0 Å². The Kier molecular flexibility index (Phi) is 5.19. The number of nitrogens with one attached hydrogen (secondary N) is 2. The number of anilines is 1. The number of nitrogen functional groups attached to an aromatic ring is 1. The number of aromatic nitrogens is 2. The van der Waals surface area contributed by atoms with Crippen molar-refractivity contribution < 1.29 is 4.79 Å². The van der Waals surface area contributed by atoms with Gasteiger partial charge in [-0.1, -0.05) is 27.7 Å². The third kappa shape index (κ3) is 3.75. The van der Waals surface area contributed by atoms with Gasteiger partial charge in [-0.2, -0.15) is 5.10 Å². The second-order valence-corrected chi connectivity index (χ2v) is 5.35. The largest absolute Gasteiger partial charge is 0.395 e. The molecule has 0 aliphatic heterocycles. The molecular weight excluding hydrogens is 228 g/mol. The molecule has 0 aliphatic carbocycles. The Hall–Kier alpha value is -1.52. The van der Waals surface area contributed by atoms with E-state index in [1.807, 2.05) is 13.8 Å². The van der Waals surface area contributed by atoms with Crippen LogP contribution in [0.15, 0.2) is 0 Å². The number of aromatic amines is 1. The summed E-state index contributed by atoms with van der Waals surface area (Å²) < 4.78 is 0. The second kappa shape index (κ2) is 6.42. The van der Waals surface area contributed by atoms with E-state index in [1.54, 1.807) is 0 Å². The third-order valence-electron chi connectivity index (χ3n) is 2.87. The molecule has 1 heterocycles. The minimum atomic E-state index is -0.195. The van der Waals surface area contributed by atoms with E-state index in [0.717, 1.165) is 18.5 Å². The van der Waals surface area contributed by atoms with Crippen LogP contribution in [0.3, 0.4) is 0 Å². The Bertz CT molecular complexity index is 396. The van der Waals surface area contributed by atoms with Crippen molar-refractivity contribution in [3.05, 3.63) is 11.4 Å². The van der Waals surface area contributed by atoms with Crippen LogP contribution in [0.4, 0.5) is 5.69 Å². The van der Waals surface area contributed by atoms with Crippen molar-refractivity contribution in [3.8, 4) is 0 Å². The van der Waals surface area contributed by atoms with Crippen molar-refractivity contribution in [2.24, 2.45) is 5.92 Å². The normalized spacial score (nSPS) is 11.2. The molecule has 0 saturated carbocycles. The molecule has 0 spiro atoms. The monoisotopic (exact) mass is 252 g/mol. The number of nitrogens with two attached hydrogens (primary N) is 1. The van der Waals surface area contributed by atoms with Gasteiger partial charge in [-0.25, -0.2) is 0 Å². The first-order valence-corrected chi connectivity index (χ1v) is 6.55. The van der Waals surface area contributed by atoms with Gasteiger partial charge < -0.3 is 11.1 Å². The molecule has 1 aromatic rings. The van der Waals surface area contributed by atoms with Crippen LogP contribution in [-0.2, 0) is 0 Å². The number of rotatable bonds is 6. The first-order chi connectivity index (χ1) is 8.43. The summed E-state index contributed by atoms with van der Waals surface area (Å²) in [5, 5.41) is 9.66. The zero-order chi connectivity index (χ0) is 13.7. The Morgan fingerprint density at radius 2 is 2.06 bits per heavy atom. The molecule has 0 saturated heterocycles. The maximum atomic E-state index is 11.9. The van der Waals surface area contributed by atoms with Crippen molar-refractivity contribution in [1.82, 2.24) is 15.5 Å². The van der Waals surface area contributed by atoms with Crippen LogP contribution in [0.5, 0.6) is 0 Å². The summed E-state index contributed by atoms with van der Waals surface area (Å²) in [7, 11) is 0. The maximum absolute atomic E-state index is 11.9. The Morgan fingerprint density at radius 1 is 1.39 bits per heavy atom. The van der Waals surface area contributed by atoms with Crippen LogP contribution in [0.1, 0.15) is 62.6 Å². The highest BCUT2D eigenvalue weighted by Gasteiger charge is 2.18. The lowest BCUT2D eigenvalue weighted by molar-refractivity contribution is 0.0948. The lowest BCUT2D eigenvalue weighted by Gasteiger charge is -2.06. The molecule has 5 nitrogen and oxygen atoms in total. The lowest BCUT2D eigenvalue weighted by Crippen LogP contribution is -2.25. The lowest BCUT2D eigenvalue weighted by atomic mass is 10.1. The zero-order valence-electron chi connectivity index (χ0n) is 11.7. The van der Waals surface area contributed by atoms with Crippen molar-refractivity contribution >= 4 is 11.6 Å². The van der Waals surface area contributed by atoms with Crippen LogP contribution in [0.25, 0.3) is 0 Å². The molecule has 0 atom stereocenters. The standard InChI is InChI=1S/C13H24N4O/c1-8(2)6-5-7-15-13(18)12-10(14)11(9(3)4)16-17-12/h8-9H,5-7,14H2,1-4H3,(H,15,18)(H,16,17). The van der Waals surface area contributed by atoms with Gasteiger partial charge in [-0.05, 0) is 24.7 Å². The molecule has 0 fully saturated rings. The summed E-state index contributed by atoms with van der Waals surface area (Å²) >= 11 is 0. The van der Waals surface area contributed by atoms with E-state index in [1.165, 1.54) is 0 Å². The summed E-state index contributed by atoms with van der Waals surface area (Å²) in [6.45, 7) is 9.02. The fourth-order valence-electron chi connectivity index (χ4n) is 1.77. The second-order valence-electron chi connectivity index (χ2n) is 5.35. The molecule has 0 unspecified atom stereocenters. The predicted octanol–water partition coefficient (Wildman–Crippen LogP) is 2.28. The fourth-order valence-corrected chi connectivity index (χ4v) is 1.77. The Balaban J connectivity index is 2.52. The molecule has 0 bridgehead atoms. The number of H-pyrrole nitrogens is 1. The van der Waals surface area contributed by atoms with Gasteiger partial charge >= 0.3 is 0 Å². The number of hydrogen-bond acceptors (Lipinski definition) is 3. The number of hydrogen-bond donors (Lipinski definition) is 3. The summed E-state index contributed by atoms with van der Waals surface area (Å²) in [5.74, 6) is 0.698. The molecule has 1 amide bonds. The van der Waals surface area contributed by atoms with E-state index >= 15 is 0 Å². The number of amides is 1. The van der Waals surface area contributed by atoms with E-state index < -0.39 is 0 Å². The van der Waals surface area contributed by atoms with Crippen molar-refractivity contribution in [1.29, 1.82) is 0 Å². The number of carbonyl (C=O) groups excluding carboxylic acids is 1. The summed E-state index contributed by atoms with van der Waals surface area (Å²) in [5.41, 5.74) is 7.50. The topological polar surface area (TPSA) is 83.8 Å². The van der Waals surface area contributed by atoms with Gasteiger partial charge in [0.25, 0.3) is 5.91 Å². The quantitative estimate of drug-likeness (QED) is 0.679. The summed E-state index contributed by atoms with van der Waals surface area (Å²) in [6, 6.07) is 0. The summed E-state index contributed by atoms with van der Waals surface area (Å²) in [6.07, 6.45) is 2.08. The minimum absolute atomic E-state index is 0.195. The van der Waals surface area contributed by atoms with Gasteiger partial charge in [0.05, 0.1) is 11.4 Å². The smallest absolute Gasteiger partial charge is 0.273 e. The highest BCUT2D eigenvalue weighted by molar-refractivity contribution is 5.97. The van der Waals surface area contributed by atoms with E-state index in [4.69, 9.17) is 5.73 Å². The molecule has 0 aliphatic rings. The Morgan fingerprint density at radius 3 is 2.56 bits per heavy atom. The predicted molar refractivity (Wildman–Crippen MR) is 73.5 cm³/mol. The first-order valence-electron chi connectivity index (χ1n) is 6.55. The SMILES string of the molecule is CC(C)CCCNC(=O)c1n[nH]c(C(C)C)c1N. The van der Waals surface area contributed by atoms with Crippen molar-refractivity contribution in [2.75, 3.05) is 12.3 Å². The summed E-state index contributed by atoms with van der Waals surface area (Å²) in [4.78, 5) is 11.9. The van der Waals surface area contributed by atoms with E-state index in [9.17, 15) is 4.79 Å². The molecule has 5 heteroatoms. The van der Waals surface area contributed by atoms with E-state index in [0.29, 0.717) is 23.8 Å². The molecule has 1 aromatic heterocycles. The van der Waals surface area contributed by atoms with Gasteiger partial charge in [0.2, 0.25) is 0 Å². The van der Waals surface area contributed by atoms with E-state index in [2.05, 4.69) is 29.4 Å². The highest BCUT2D eigenvalue weighted by atomic mass is 16.1. The maximum Gasteiger partial charge on any atom is 0.273 e. The van der Waals surface area contributed by atoms with Gasteiger partial charge in [0, 0.05) is 6.54 Å². The molecule has 4 N–H and O–H groups in total.